The average Bonchev–Trinajstić information content (AvgIpc) is 3.20. The lowest BCUT2D eigenvalue weighted by molar-refractivity contribution is -0.143. The standard InChI is InChI=1S/C17H16N2O3/c1-21-17(20)14-8-12-11-4-2-3-5-13(11)18-16(12)15(19-14)10-6-7-22-9-10/h2-7,9,14-15,18-19H,8H2,1H3. The predicted octanol–water partition coefficient (Wildman–Crippen LogP) is 2.54. The van der Waals surface area contributed by atoms with E-state index in [1.807, 2.05) is 24.3 Å². The Labute approximate surface area is 127 Å². The summed E-state index contributed by atoms with van der Waals surface area (Å²) in [5.74, 6) is -0.246. The van der Waals surface area contributed by atoms with E-state index >= 15 is 0 Å². The number of benzene rings is 1. The normalized spacial score (nSPS) is 20.8. The van der Waals surface area contributed by atoms with Gasteiger partial charge in [0.2, 0.25) is 0 Å². The minimum atomic E-state index is -0.364. The third-order valence-corrected chi connectivity index (χ3v) is 4.27. The van der Waals surface area contributed by atoms with E-state index in [1.54, 1.807) is 12.5 Å². The van der Waals surface area contributed by atoms with Gasteiger partial charge in [0.1, 0.15) is 6.04 Å². The summed E-state index contributed by atoms with van der Waals surface area (Å²) in [7, 11) is 1.42. The Kier molecular flexibility index (Phi) is 3.01. The SMILES string of the molecule is COC(=O)C1Cc2c([nH]c3ccccc23)C(c2ccoc2)N1. The Morgan fingerprint density at radius 3 is 2.95 bits per heavy atom. The molecule has 2 atom stereocenters. The molecule has 3 aromatic rings. The number of esters is 1. The highest BCUT2D eigenvalue weighted by Gasteiger charge is 2.34. The molecule has 2 N–H and O–H groups in total. The molecule has 112 valence electrons. The molecule has 4 rings (SSSR count). The van der Waals surface area contributed by atoms with Crippen molar-refractivity contribution in [2.45, 2.75) is 18.5 Å². The third kappa shape index (κ3) is 1.94. The molecule has 0 amide bonds. The predicted molar refractivity (Wildman–Crippen MR) is 81.5 cm³/mol. The van der Waals surface area contributed by atoms with Crippen LogP contribution in [0.5, 0.6) is 0 Å². The van der Waals surface area contributed by atoms with E-state index in [9.17, 15) is 4.79 Å². The van der Waals surface area contributed by atoms with Crippen molar-refractivity contribution in [2.75, 3.05) is 7.11 Å². The number of fused-ring (bicyclic) bond motifs is 3. The van der Waals surface area contributed by atoms with Crippen LogP contribution < -0.4 is 5.32 Å². The van der Waals surface area contributed by atoms with E-state index in [-0.39, 0.29) is 18.1 Å². The van der Waals surface area contributed by atoms with E-state index in [0.717, 1.165) is 27.7 Å². The van der Waals surface area contributed by atoms with Crippen LogP contribution >= 0.6 is 0 Å². The fourth-order valence-electron chi connectivity index (χ4n) is 3.23. The van der Waals surface area contributed by atoms with Crippen molar-refractivity contribution in [1.29, 1.82) is 0 Å². The maximum absolute atomic E-state index is 12.0. The first-order valence-corrected chi connectivity index (χ1v) is 7.23. The van der Waals surface area contributed by atoms with Gasteiger partial charge in [0.25, 0.3) is 0 Å². The van der Waals surface area contributed by atoms with Crippen molar-refractivity contribution in [3.8, 4) is 0 Å². The Balaban J connectivity index is 1.88. The first-order chi connectivity index (χ1) is 10.8. The van der Waals surface area contributed by atoms with Crippen LogP contribution in [-0.2, 0) is 16.0 Å². The fraction of sp³-hybridized carbons (Fsp3) is 0.235. The number of carbonyl (C=O) groups excluding carboxylic acids is 1. The lowest BCUT2D eigenvalue weighted by Crippen LogP contribution is -2.45. The van der Waals surface area contributed by atoms with Crippen LogP contribution in [0, 0.1) is 0 Å². The number of furan rings is 1. The van der Waals surface area contributed by atoms with E-state index < -0.39 is 0 Å². The van der Waals surface area contributed by atoms with Crippen LogP contribution in [-0.4, -0.2) is 24.1 Å². The van der Waals surface area contributed by atoms with Gasteiger partial charge in [-0.05, 0) is 17.7 Å². The zero-order valence-corrected chi connectivity index (χ0v) is 12.1. The molecule has 22 heavy (non-hydrogen) atoms. The summed E-state index contributed by atoms with van der Waals surface area (Å²) in [4.78, 5) is 15.5. The lowest BCUT2D eigenvalue weighted by Gasteiger charge is -2.29. The first-order valence-electron chi connectivity index (χ1n) is 7.23. The number of rotatable bonds is 2. The number of para-hydroxylation sites is 1. The smallest absolute Gasteiger partial charge is 0.323 e. The molecule has 0 bridgehead atoms. The summed E-state index contributed by atoms with van der Waals surface area (Å²) in [6.45, 7) is 0. The zero-order valence-electron chi connectivity index (χ0n) is 12.1. The number of methoxy groups -OCH3 is 1. The summed E-state index contributed by atoms with van der Waals surface area (Å²) >= 11 is 0. The number of nitrogens with one attached hydrogen (secondary N) is 2. The lowest BCUT2D eigenvalue weighted by atomic mass is 9.91. The van der Waals surface area contributed by atoms with Gasteiger partial charge >= 0.3 is 5.97 Å². The Morgan fingerprint density at radius 1 is 1.32 bits per heavy atom. The monoisotopic (exact) mass is 296 g/mol. The molecular formula is C17H16N2O3. The minimum Gasteiger partial charge on any atom is -0.472 e. The molecule has 0 saturated carbocycles. The maximum atomic E-state index is 12.0. The van der Waals surface area contributed by atoms with Crippen LogP contribution in [0.2, 0.25) is 0 Å². The second-order valence-corrected chi connectivity index (χ2v) is 5.50. The Morgan fingerprint density at radius 2 is 2.18 bits per heavy atom. The molecular weight excluding hydrogens is 280 g/mol. The van der Waals surface area contributed by atoms with Gasteiger partial charge in [-0.25, -0.2) is 0 Å². The first kappa shape index (κ1) is 13.2. The molecule has 0 spiro atoms. The third-order valence-electron chi connectivity index (χ3n) is 4.27. The van der Waals surface area contributed by atoms with Gasteiger partial charge in [-0.1, -0.05) is 18.2 Å². The highest BCUT2D eigenvalue weighted by atomic mass is 16.5. The zero-order chi connectivity index (χ0) is 15.1. The maximum Gasteiger partial charge on any atom is 0.323 e. The summed E-state index contributed by atoms with van der Waals surface area (Å²) in [6.07, 6.45) is 3.95. The Bertz CT molecular complexity index is 820. The molecule has 5 heteroatoms. The molecule has 0 saturated heterocycles. The number of aromatic nitrogens is 1. The molecule has 2 aromatic heterocycles. The molecule has 1 aliphatic heterocycles. The van der Waals surface area contributed by atoms with Crippen LogP contribution in [0.4, 0.5) is 0 Å². The van der Waals surface area contributed by atoms with Gasteiger partial charge in [0, 0.05) is 28.6 Å². The number of aromatic amines is 1. The quantitative estimate of drug-likeness (QED) is 0.713. The molecule has 2 unspecified atom stereocenters. The summed E-state index contributed by atoms with van der Waals surface area (Å²) in [6, 6.07) is 9.58. The molecule has 0 fully saturated rings. The van der Waals surface area contributed by atoms with Crippen molar-refractivity contribution in [3.05, 3.63) is 59.7 Å². The highest BCUT2D eigenvalue weighted by Crippen LogP contribution is 2.35. The van der Waals surface area contributed by atoms with Crippen molar-refractivity contribution < 1.29 is 13.9 Å². The number of hydrogen-bond acceptors (Lipinski definition) is 4. The van der Waals surface area contributed by atoms with Crippen molar-refractivity contribution in [1.82, 2.24) is 10.3 Å². The van der Waals surface area contributed by atoms with Crippen molar-refractivity contribution in [3.63, 3.8) is 0 Å². The average molecular weight is 296 g/mol. The molecule has 0 aliphatic carbocycles. The number of ether oxygens (including phenoxy) is 1. The minimum absolute atomic E-state index is 0.112. The van der Waals surface area contributed by atoms with Gasteiger partial charge in [-0.2, -0.15) is 0 Å². The molecule has 1 aliphatic rings. The van der Waals surface area contributed by atoms with Crippen molar-refractivity contribution in [2.24, 2.45) is 0 Å². The fourth-order valence-corrected chi connectivity index (χ4v) is 3.23. The van der Waals surface area contributed by atoms with Crippen LogP contribution in [0.3, 0.4) is 0 Å². The second-order valence-electron chi connectivity index (χ2n) is 5.50. The van der Waals surface area contributed by atoms with Gasteiger partial charge in [0.05, 0.1) is 25.7 Å². The van der Waals surface area contributed by atoms with Crippen LogP contribution in [0.25, 0.3) is 10.9 Å². The molecule has 5 nitrogen and oxygen atoms in total. The summed E-state index contributed by atoms with van der Waals surface area (Å²) in [5, 5.41) is 4.51. The molecule has 3 heterocycles. The van der Waals surface area contributed by atoms with Crippen molar-refractivity contribution >= 4 is 16.9 Å². The molecule has 0 radical (unpaired) electrons. The van der Waals surface area contributed by atoms with Crippen LogP contribution in [0.1, 0.15) is 22.9 Å². The summed E-state index contributed by atoms with van der Waals surface area (Å²) in [5.41, 5.74) is 4.31. The largest absolute Gasteiger partial charge is 0.472 e. The van der Waals surface area contributed by atoms with E-state index in [0.29, 0.717) is 6.42 Å². The topological polar surface area (TPSA) is 67.3 Å². The van der Waals surface area contributed by atoms with Gasteiger partial charge in [-0.15, -0.1) is 0 Å². The van der Waals surface area contributed by atoms with Gasteiger partial charge in [0.15, 0.2) is 0 Å². The van der Waals surface area contributed by atoms with Gasteiger partial charge in [-0.3, -0.25) is 10.1 Å². The number of hydrogen-bond donors (Lipinski definition) is 2. The van der Waals surface area contributed by atoms with E-state index in [1.165, 1.54) is 7.11 Å². The highest BCUT2D eigenvalue weighted by molar-refractivity contribution is 5.87. The Hall–Kier alpha value is -2.53. The number of H-pyrrole nitrogens is 1. The number of carbonyl (C=O) groups is 1. The summed E-state index contributed by atoms with van der Waals surface area (Å²) < 4.78 is 10.1. The van der Waals surface area contributed by atoms with E-state index in [2.05, 4.69) is 16.4 Å². The van der Waals surface area contributed by atoms with E-state index in [4.69, 9.17) is 9.15 Å². The molecule has 1 aromatic carbocycles. The van der Waals surface area contributed by atoms with Gasteiger partial charge < -0.3 is 14.1 Å². The van der Waals surface area contributed by atoms with Crippen LogP contribution in [0.15, 0.2) is 47.3 Å². The second kappa shape index (κ2) is 5.03.